The van der Waals surface area contributed by atoms with Crippen molar-refractivity contribution in [2.75, 3.05) is 6.61 Å². The fraction of sp³-hybridized carbons (Fsp3) is 0.538. The van der Waals surface area contributed by atoms with E-state index in [-0.39, 0.29) is 11.7 Å². The van der Waals surface area contributed by atoms with Gasteiger partial charge in [-0.25, -0.2) is 0 Å². The van der Waals surface area contributed by atoms with Crippen molar-refractivity contribution in [3.63, 3.8) is 0 Å². The molecule has 15 heavy (non-hydrogen) atoms. The van der Waals surface area contributed by atoms with Crippen LogP contribution >= 0.6 is 0 Å². The molecule has 1 aromatic rings. The molecule has 1 unspecified atom stereocenters. The summed E-state index contributed by atoms with van der Waals surface area (Å²) in [7, 11) is 0. The van der Waals surface area contributed by atoms with E-state index in [0.29, 0.717) is 6.61 Å². The summed E-state index contributed by atoms with van der Waals surface area (Å²) in [5, 5.41) is 0. The van der Waals surface area contributed by atoms with E-state index in [2.05, 4.69) is 0 Å². The Morgan fingerprint density at radius 3 is 2.27 bits per heavy atom. The van der Waals surface area contributed by atoms with Crippen LogP contribution in [-0.2, 0) is 4.74 Å². The van der Waals surface area contributed by atoms with Gasteiger partial charge in [-0.05, 0) is 39.8 Å². The number of hydrogen-bond donors (Lipinski definition) is 0. The second kappa shape index (κ2) is 5.17. The van der Waals surface area contributed by atoms with Crippen LogP contribution in [0, 0.1) is 0 Å². The molecule has 0 amide bonds. The maximum absolute atomic E-state index is 5.68. The first-order valence-corrected chi connectivity index (χ1v) is 5.33. The molecule has 0 aliphatic rings. The van der Waals surface area contributed by atoms with Gasteiger partial charge in [0, 0.05) is 0 Å². The summed E-state index contributed by atoms with van der Waals surface area (Å²) in [6, 6.07) is 9.81. The topological polar surface area (TPSA) is 18.5 Å². The smallest absolute Gasteiger partial charge is 0.119 e. The Labute approximate surface area is 92.2 Å². The first-order chi connectivity index (χ1) is 6.97. The van der Waals surface area contributed by atoms with Crippen LogP contribution in [0.1, 0.15) is 27.7 Å². The first-order valence-electron chi connectivity index (χ1n) is 5.33. The van der Waals surface area contributed by atoms with Gasteiger partial charge in [-0.1, -0.05) is 18.2 Å². The van der Waals surface area contributed by atoms with E-state index in [1.165, 1.54) is 0 Å². The van der Waals surface area contributed by atoms with Crippen LogP contribution < -0.4 is 4.74 Å². The highest BCUT2D eigenvalue weighted by Crippen LogP contribution is 2.13. The summed E-state index contributed by atoms with van der Waals surface area (Å²) in [6.45, 7) is 8.75. The second-order valence-corrected chi connectivity index (χ2v) is 4.66. The largest absolute Gasteiger partial charge is 0.488 e. The van der Waals surface area contributed by atoms with E-state index in [9.17, 15) is 0 Å². The predicted octanol–water partition coefficient (Wildman–Crippen LogP) is 3.27. The molecule has 0 radical (unpaired) electrons. The summed E-state index contributed by atoms with van der Waals surface area (Å²) in [5.41, 5.74) is -0.103. The number of hydrogen-bond acceptors (Lipinski definition) is 2. The minimum absolute atomic E-state index is 0.0756. The van der Waals surface area contributed by atoms with Crippen molar-refractivity contribution in [3.05, 3.63) is 30.3 Å². The lowest BCUT2D eigenvalue weighted by Gasteiger charge is -2.23. The molecular formula is C13H20O2. The molecule has 0 saturated heterocycles. The maximum atomic E-state index is 5.68. The minimum Gasteiger partial charge on any atom is -0.488 e. The van der Waals surface area contributed by atoms with E-state index in [0.717, 1.165) is 5.75 Å². The summed E-state index contributed by atoms with van der Waals surface area (Å²) >= 11 is 0. The molecule has 0 aliphatic heterocycles. The van der Waals surface area contributed by atoms with Crippen LogP contribution in [0.15, 0.2) is 30.3 Å². The molecule has 0 fully saturated rings. The van der Waals surface area contributed by atoms with Gasteiger partial charge in [-0.2, -0.15) is 0 Å². The zero-order valence-corrected chi connectivity index (χ0v) is 9.99. The summed E-state index contributed by atoms with van der Waals surface area (Å²) in [5.74, 6) is 0.891. The maximum Gasteiger partial charge on any atom is 0.119 e. The molecule has 0 aromatic heterocycles. The first kappa shape index (κ1) is 12.1. The van der Waals surface area contributed by atoms with Crippen molar-refractivity contribution in [1.29, 1.82) is 0 Å². The van der Waals surface area contributed by atoms with Crippen LogP contribution in [0.5, 0.6) is 5.75 Å². The van der Waals surface area contributed by atoms with Crippen LogP contribution in [0.3, 0.4) is 0 Å². The van der Waals surface area contributed by atoms with Gasteiger partial charge >= 0.3 is 0 Å². The third-order valence-corrected chi connectivity index (χ3v) is 1.83. The van der Waals surface area contributed by atoms with Gasteiger partial charge in [-0.15, -0.1) is 0 Å². The molecule has 84 valence electrons. The van der Waals surface area contributed by atoms with E-state index < -0.39 is 0 Å². The molecule has 0 aliphatic carbocycles. The Bertz CT molecular complexity index is 274. The predicted molar refractivity (Wildman–Crippen MR) is 62.2 cm³/mol. The average Bonchev–Trinajstić information content (AvgIpc) is 2.15. The molecule has 1 atom stereocenters. The molecule has 0 bridgehead atoms. The van der Waals surface area contributed by atoms with E-state index >= 15 is 0 Å². The van der Waals surface area contributed by atoms with Gasteiger partial charge in [0.05, 0.1) is 12.2 Å². The van der Waals surface area contributed by atoms with Crippen LogP contribution in [0.2, 0.25) is 0 Å². The van der Waals surface area contributed by atoms with E-state index in [4.69, 9.17) is 9.47 Å². The molecule has 1 aromatic carbocycles. The quantitative estimate of drug-likeness (QED) is 0.756. The fourth-order valence-corrected chi connectivity index (χ4v) is 1.13. The highest BCUT2D eigenvalue weighted by atomic mass is 16.5. The molecule has 0 N–H and O–H groups in total. The Morgan fingerprint density at radius 2 is 1.73 bits per heavy atom. The van der Waals surface area contributed by atoms with Crippen molar-refractivity contribution in [2.45, 2.75) is 39.4 Å². The van der Waals surface area contributed by atoms with Crippen molar-refractivity contribution >= 4 is 0 Å². The number of para-hydroxylation sites is 1. The van der Waals surface area contributed by atoms with Gasteiger partial charge in [0.2, 0.25) is 0 Å². The second-order valence-electron chi connectivity index (χ2n) is 4.66. The molecule has 0 saturated carbocycles. The van der Waals surface area contributed by atoms with Gasteiger partial charge in [-0.3, -0.25) is 0 Å². The number of ether oxygens (including phenoxy) is 2. The zero-order chi connectivity index (χ0) is 11.3. The van der Waals surface area contributed by atoms with Gasteiger partial charge < -0.3 is 9.47 Å². The Hall–Kier alpha value is -1.02. The molecule has 1 rings (SSSR count). The Kier molecular flexibility index (Phi) is 4.15. The molecule has 2 nitrogen and oxygen atoms in total. The van der Waals surface area contributed by atoms with Crippen molar-refractivity contribution < 1.29 is 9.47 Å². The fourth-order valence-electron chi connectivity index (χ4n) is 1.13. The normalized spacial score (nSPS) is 13.6. The Morgan fingerprint density at radius 1 is 1.13 bits per heavy atom. The summed E-state index contributed by atoms with van der Waals surface area (Å²) in [6.07, 6.45) is 0.0756. The standard InChI is InChI=1S/C13H20O2/c1-11(10-14-13(2,3)4)15-12-8-6-5-7-9-12/h5-9,11H,10H2,1-4H3. The molecule has 0 spiro atoms. The van der Waals surface area contributed by atoms with Gasteiger partial charge in [0.15, 0.2) is 0 Å². The van der Waals surface area contributed by atoms with Crippen molar-refractivity contribution in [3.8, 4) is 5.75 Å². The van der Waals surface area contributed by atoms with Crippen LogP contribution in [0.4, 0.5) is 0 Å². The third kappa shape index (κ3) is 5.43. The third-order valence-electron chi connectivity index (χ3n) is 1.83. The van der Waals surface area contributed by atoms with Crippen molar-refractivity contribution in [1.82, 2.24) is 0 Å². The van der Waals surface area contributed by atoms with E-state index in [1.54, 1.807) is 0 Å². The summed E-state index contributed by atoms with van der Waals surface area (Å²) < 4.78 is 11.3. The molecule has 0 heterocycles. The zero-order valence-electron chi connectivity index (χ0n) is 9.99. The molecular weight excluding hydrogens is 188 g/mol. The lowest BCUT2D eigenvalue weighted by molar-refractivity contribution is -0.0374. The van der Waals surface area contributed by atoms with Crippen LogP contribution in [0.25, 0.3) is 0 Å². The molecule has 2 heteroatoms. The number of benzene rings is 1. The highest BCUT2D eigenvalue weighted by molar-refractivity contribution is 5.21. The van der Waals surface area contributed by atoms with Gasteiger partial charge in [0.25, 0.3) is 0 Å². The SMILES string of the molecule is CC(COC(C)(C)C)Oc1ccccc1. The summed E-state index contributed by atoms with van der Waals surface area (Å²) in [4.78, 5) is 0. The van der Waals surface area contributed by atoms with Crippen LogP contribution in [-0.4, -0.2) is 18.3 Å². The minimum atomic E-state index is -0.103. The number of rotatable bonds is 4. The van der Waals surface area contributed by atoms with E-state index in [1.807, 2.05) is 58.0 Å². The lowest BCUT2D eigenvalue weighted by atomic mass is 10.2. The van der Waals surface area contributed by atoms with Crippen molar-refractivity contribution in [2.24, 2.45) is 0 Å². The lowest BCUT2D eigenvalue weighted by Crippen LogP contribution is -2.27. The monoisotopic (exact) mass is 208 g/mol. The Balaban J connectivity index is 2.34. The highest BCUT2D eigenvalue weighted by Gasteiger charge is 2.13. The average molecular weight is 208 g/mol. The van der Waals surface area contributed by atoms with Gasteiger partial charge in [0.1, 0.15) is 11.9 Å².